The van der Waals surface area contributed by atoms with E-state index in [0.717, 1.165) is 12.8 Å². The van der Waals surface area contributed by atoms with Crippen LogP contribution in [0.1, 0.15) is 32.3 Å². The van der Waals surface area contributed by atoms with Crippen LogP contribution < -0.4 is 0 Å². The minimum atomic E-state index is -0.590. The quantitative estimate of drug-likeness (QED) is 0.771. The zero-order valence-corrected chi connectivity index (χ0v) is 12.5. The highest BCUT2D eigenvalue weighted by Gasteiger charge is 2.25. The molecule has 2 nitrogen and oxygen atoms in total. The molecule has 0 aliphatic carbocycles. The van der Waals surface area contributed by atoms with Crippen molar-refractivity contribution >= 4 is 15.9 Å². The van der Waals surface area contributed by atoms with Gasteiger partial charge in [0.1, 0.15) is 11.6 Å². The maximum Gasteiger partial charge on any atom is 0.145 e. The van der Waals surface area contributed by atoms with E-state index in [1.54, 1.807) is 0 Å². The first kappa shape index (κ1) is 14.9. The molecular formula is C14H17BrF2O2. The second kappa shape index (κ2) is 6.29. The summed E-state index contributed by atoms with van der Waals surface area (Å²) in [7, 11) is 0. The molecule has 1 aromatic carbocycles. The minimum Gasteiger partial charge on any atom is -0.375 e. The molecule has 5 heteroatoms. The summed E-state index contributed by atoms with van der Waals surface area (Å²) in [4.78, 5) is 0. The predicted octanol–water partition coefficient (Wildman–Crippen LogP) is 4.20. The molecule has 106 valence electrons. The Balaban J connectivity index is 2.01. The number of rotatable bonds is 3. The molecule has 0 spiro atoms. The van der Waals surface area contributed by atoms with Crippen LogP contribution in [0.5, 0.6) is 0 Å². The van der Waals surface area contributed by atoms with Crippen molar-refractivity contribution in [1.29, 1.82) is 0 Å². The summed E-state index contributed by atoms with van der Waals surface area (Å²) in [5, 5.41) is 0. The molecule has 0 aromatic heterocycles. The lowest BCUT2D eigenvalue weighted by molar-refractivity contribution is -0.106. The molecule has 1 heterocycles. The highest BCUT2D eigenvalue weighted by atomic mass is 79.9. The van der Waals surface area contributed by atoms with Gasteiger partial charge >= 0.3 is 0 Å². The highest BCUT2D eigenvalue weighted by Crippen LogP contribution is 2.26. The number of hydrogen-bond donors (Lipinski definition) is 0. The van der Waals surface area contributed by atoms with Crippen LogP contribution in [0.4, 0.5) is 8.78 Å². The Kier molecular flexibility index (Phi) is 4.92. The molecule has 0 bridgehead atoms. The van der Waals surface area contributed by atoms with E-state index >= 15 is 0 Å². The average molecular weight is 335 g/mol. The molecule has 1 aliphatic rings. The van der Waals surface area contributed by atoms with E-state index in [-0.39, 0.29) is 35.0 Å². The Morgan fingerprint density at radius 2 is 1.89 bits per heavy atom. The van der Waals surface area contributed by atoms with Crippen LogP contribution >= 0.6 is 15.9 Å². The van der Waals surface area contributed by atoms with Crippen LogP contribution in [0.25, 0.3) is 0 Å². The van der Waals surface area contributed by atoms with Crippen LogP contribution in [0.15, 0.2) is 16.6 Å². The van der Waals surface area contributed by atoms with Crippen molar-refractivity contribution in [2.45, 2.75) is 51.6 Å². The lowest BCUT2D eigenvalue weighted by Crippen LogP contribution is -2.34. The third-order valence-corrected chi connectivity index (χ3v) is 3.87. The summed E-state index contributed by atoms with van der Waals surface area (Å²) in [6, 6.07) is 2.59. The van der Waals surface area contributed by atoms with Crippen molar-refractivity contribution in [2.75, 3.05) is 0 Å². The van der Waals surface area contributed by atoms with E-state index in [2.05, 4.69) is 15.9 Å². The van der Waals surface area contributed by atoms with E-state index in [1.807, 2.05) is 13.8 Å². The Labute approximate surface area is 120 Å². The van der Waals surface area contributed by atoms with Crippen molar-refractivity contribution in [3.8, 4) is 0 Å². The first-order valence-electron chi connectivity index (χ1n) is 6.36. The molecule has 0 N–H and O–H groups in total. The van der Waals surface area contributed by atoms with Crippen LogP contribution in [-0.2, 0) is 16.1 Å². The smallest absolute Gasteiger partial charge is 0.145 e. The van der Waals surface area contributed by atoms with Gasteiger partial charge < -0.3 is 9.47 Å². The van der Waals surface area contributed by atoms with Crippen LogP contribution in [0, 0.1) is 11.6 Å². The summed E-state index contributed by atoms with van der Waals surface area (Å²) < 4.78 is 38.8. The monoisotopic (exact) mass is 334 g/mol. The van der Waals surface area contributed by atoms with Crippen LogP contribution in [0.3, 0.4) is 0 Å². The van der Waals surface area contributed by atoms with Crippen LogP contribution in [-0.4, -0.2) is 18.3 Å². The molecule has 1 aromatic rings. The molecule has 2 rings (SSSR count). The van der Waals surface area contributed by atoms with E-state index in [1.165, 1.54) is 12.1 Å². The highest BCUT2D eigenvalue weighted by molar-refractivity contribution is 9.10. The molecule has 0 amide bonds. The lowest BCUT2D eigenvalue weighted by Gasteiger charge is -2.32. The Hall–Kier alpha value is -0.520. The first-order valence-corrected chi connectivity index (χ1v) is 7.16. The van der Waals surface area contributed by atoms with Gasteiger partial charge in [0.2, 0.25) is 0 Å². The van der Waals surface area contributed by atoms with Gasteiger partial charge in [-0.25, -0.2) is 8.78 Å². The van der Waals surface area contributed by atoms with E-state index < -0.39 is 11.6 Å². The normalized spacial score (nSPS) is 27.5. The average Bonchev–Trinajstić information content (AvgIpc) is 2.33. The summed E-state index contributed by atoms with van der Waals surface area (Å²) in [5.74, 6) is -1.16. The van der Waals surface area contributed by atoms with Crippen molar-refractivity contribution in [3.05, 3.63) is 33.8 Å². The lowest BCUT2D eigenvalue weighted by atomic mass is 10.0. The standard InChI is InChI=1S/C14H17BrF2O2/c1-8-5-10(6-9(2)19-8)18-7-11-13(16)4-3-12(15)14(11)17/h3-4,8-10H,5-7H2,1-2H3. The molecule has 19 heavy (non-hydrogen) atoms. The summed E-state index contributed by atoms with van der Waals surface area (Å²) in [6.45, 7) is 3.90. The first-order chi connectivity index (χ1) is 8.97. The summed E-state index contributed by atoms with van der Waals surface area (Å²) in [5.41, 5.74) is -0.0267. The zero-order chi connectivity index (χ0) is 14.0. The fourth-order valence-electron chi connectivity index (χ4n) is 2.38. The molecule has 1 fully saturated rings. The fraction of sp³-hybridized carbons (Fsp3) is 0.571. The zero-order valence-electron chi connectivity index (χ0n) is 11.0. The van der Waals surface area contributed by atoms with Gasteiger partial charge in [0, 0.05) is 0 Å². The second-order valence-electron chi connectivity index (χ2n) is 4.98. The number of benzene rings is 1. The molecule has 1 saturated heterocycles. The second-order valence-corrected chi connectivity index (χ2v) is 5.84. The van der Waals surface area contributed by atoms with Gasteiger partial charge in [-0.15, -0.1) is 0 Å². The van der Waals surface area contributed by atoms with Gasteiger partial charge in [-0.1, -0.05) is 0 Å². The summed E-state index contributed by atoms with van der Waals surface area (Å²) >= 11 is 3.05. The van der Waals surface area contributed by atoms with Gasteiger partial charge in [-0.2, -0.15) is 0 Å². The van der Waals surface area contributed by atoms with Gasteiger partial charge in [-0.3, -0.25) is 0 Å². The Morgan fingerprint density at radius 1 is 1.26 bits per heavy atom. The van der Waals surface area contributed by atoms with Crippen molar-refractivity contribution in [3.63, 3.8) is 0 Å². The number of hydrogen-bond acceptors (Lipinski definition) is 2. The fourth-order valence-corrected chi connectivity index (χ4v) is 2.75. The SMILES string of the molecule is CC1CC(OCc2c(F)ccc(Br)c2F)CC(C)O1. The van der Waals surface area contributed by atoms with Gasteiger partial charge in [0.05, 0.1) is 35.0 Å². The third-order valence-electron chi connectivity index (χ3n) is 3.26. The van der Waals surface area contributed by atoms with E-state index in [4.69, 9.17) is 9.47 Å². The molecule has 1 aliphatic heterocycles. The van der Waals surface area contributed by atoms with Crippen molar-refractivity contribution < 1.29 is 18.3 Å². The van der Waals surface area contributed by atoms with E-state index in [9.17, 15) is 8.78 Å². The Bertz CT molecular complexity index is 443. The van der Waals surface area contributed by atoms with Crippen molar-refractivity contribution in [1.82, 2.24) is 0 Å². The summed E-state index contributed by atoms with van der Waals surface area (Å²) in [6.07, 6.45) is 1.72. The number of halogens is 3. The molecule has 2 atom stereocenters. The van der Waals surface area contributed by atoms with Crippen molar-refractivity contribution in [2.24, 2.45) is 0 Å². The van der Waals surface area contributed by atoms with Gasteiger partial charge in [-0.05, 0) is 54.8 Å². The molecule has 0 saturated carbocycles. The molecule has 0 radical (unpaired) electrons. The predicted molar refractivity (Wildman–Crippen MR) is 71.9 cm³/mol. The molecule has 2 unspecified atom stereocenters. The number of ether oxygens (including phenoxy) is 2. The maximum atomic E-state index is 13.8. The van der Waals surface area contributed by atoms with Gasteiger partial charge in [0.15, 0.2) is 0 Å². The topological polar surface area (TPSA) is 18.5 Å². The Morgan fingerprint density at radius 3 is 2.53 bits per heavy atom. The largest absolute Gasteiger partial charge is 0.375 e. The molecular weight excluding hydrogens is 318 g/mol. The van der Waals surface area contributed by atoms with Crippen LogP contribution in [0.2, 0.25) is 0 Å². The maximum absolute atomic E-state index is 13.8. The minimum absolute atomic E-state index is 0.0171. The third kappa shape index (κ3) is 3.74. The van der Waals surface area contributed by atoms with Gasteiger partial charge in [0.25, 0.3) is 0 Å². The van der Waals surface area contributed by atoms with E-state index in [0.29, 0.717) is 0 Å².